The number of anilines is 1. The second kappa shape index (κ2) is 12.2. The summed E-state index contributed by atoms with van der Waals surface area (Å²) in [6.45, 7) is 4.79. The van der Waals surface area contributed by atoms with Crippen molar-refractivity contribution >= 4 is 59.1 Å². The maximum atomic E-state index is 6.11. The molecule has 1 aromatic carbocycles. The lowest BCUT2D eigenvalue weighted by Crippen LogP contribution is -2.53. The molecule has 158 valence electrons. The molecule has 1 aliphatic rings. The Kier molecular flexibility index (Phi) is 10.0. The van der Waals surface area contributed by atoms with Gasteiger partial charge in [0.05, 0.1) is 11.6 Å². The summed E-state index contributed by atoms with van der Waals surface area (Å²) in [4.78, 5) is 17.5. The van der Waals surface area contributed by atoms with E-state index in [0.717, 1.165) is 51.1 Å². The van der Waals surface area contributed by atoms with E-state index >= 15 is 0 Å². The Labute approximate surface area is 198 Å². The van der Waals surface area contributed by atoms with Crippen LogP contribution >= 0.6 is 47.2 Å². The number of halogens is 3. The van der Waals surface area contributed by atoms with Crippen molar-refractivity contribution in [3.63, 3.8) is 0 Å². The lowest BCUT2D eigenvalue weighted by Gasteiger charge is -2.36. The first-order valence-corrected chi connectivity index (χ1v) is 9.98. The third kappa shape index (κ3) is 7.04. The normalized spacial score (nSPS) is 14.4. The second-order valence-electron chi connectivity index (χ2n) is 6.27. The Bertz CT molecular complexity index is 788. The molecule has 0 radical (unpaired) electrons. The highest BCUT2D eigenvalue weighted by molar-refractivity contribution is 14.0. The molecule has 0 saturated carbocycles. The van der Waals surface area contributed by atoms with E-state index < -0.39 is 0 Å². The van der Waals surface area contributed by atoms with E-state index in [4.69, 9.17) is 27.9 Å². The average molecular weight is 551 g/mol. The summed E-state index contributed by atoms with van der Waals surface area (Å²) in [6.07, 6.45) is 4.37. The van der Waals surface area contributed by atoms with Gasteiger partial charge in [-0.2, -0.15) is 0 Å². The average Bonchev–Trinajstić information content (AvgIpc) is 2.73. The van der Waals surface area contributed by atoms with E-state index in [9.17, 15) is 0 Å². The van der Waals surface area contributed by atoms with Crippen LogP contribution in [0.4, 0.5) is 5.95 Å². The summed E-state index contributed by atoms with van der Waals surface area (Å²) in [5.74, 6) is 2.33. The van der Waals surface area contributed by atoms with Gasteiger partial charge in [0.2, 0.25) is 5.95 Å². The van der Waals surface area contributed by atoms with E-state index in [-0.39, 0.29) is 24.0 Å². The van der Waals surface area contributed by atoms with Gasteiger partial charge in [-0.1, -0.05) is 23.2 Å². The molecule has 0 aliphatic carbocycles. The third-order valence-corrected chi connectivity index (χ3v) is 4.91. The van der Waals surface area contributed by atoms with Gasteiger partial charge in [0.25, 0.3) is 0 Å². The van der Waals surface area contributed by atoms with Crippen LogP contribution in [0.15, 0.2) is 41.7 Å². The van der Waals surface area contributed by atoms with E-state index in [1.165, 1.54) is 0 Å². The molecule has 0 unspecified atom stereocenters. The molecule has 0 spiro atoms. The van der Waals surface area contributed by atoms with E-state index in [1.54, 1.807) is 37.6 Å². The van der Waals surface area contributed by atoms with Crippen molar-refractivity contribution in [1.29, 1.82) is 0 Å². The van der Waals surface area contributed by atoms with Gasteiger partial charge < -0.3 is 19.9 Å². The standard InChI is InChI=1S/C19H24Cl2N6O.HI/c1-22-18(23-8-3-13-28-17-5-4-15(20)14-16(17)21)26-9-11-27(12-10-26)19-24-6-2-7-25-19;/h2,4-7,14H,3,8-13H2,1H3,(H,22,23);1H. The summed E-state index contributed by atoms with van der Waals surface area (Å²) >= 11 is 12.0. The summed E-state index contributed by atoms with van der Waals surface area (Å²) < 4.78 is 5.71. The van der Waals surface area contributed by atoms with Crippen LogP contribution in [0, 0.1) is 0 Å². The number of nitrogens with zero attached hydrogens (tertiary/aromatic N) is 5. The number of aromatic nitrogens is 2. The molecule has 3 rings (SSSR count). The van der Waals surface area contributed by atoms with Crippen molar-refractivity contribution in [3.8, 4) is 5.75 Å². The monoisotopic (exact) mass is 550 g/mol. The van der Waals surface area contributed by atoms with Crippen molar-refractivity contribution in [2.45, 2.75) is 6.42 Å². The van der Waals surface area contributed by atoms with Crippen molar-refractivity contribution in [3.05, 3.63) is 46.7 Å². The number of piperazine rings is 1. The molecule has 1 fully saturated rings. The third-order valence-electron chi connectivity index (χ3n) is 4.38. The number of hydrogen-bond acceptors (Lipinski definition) is 5. The fraction of sp³-hybridized carbons (Fsp3) is 0.421. The maximum absolute atomic E-state index is 6.11. The number of rotatable bonds is 6. The van der Waals surface area contributed by atoms with Crippen molar-refractivity contribution in [2.75, 3.05) is 51.3 Å². The molecule has 1 aliphatic heterocycles. The Morgan fingerprint density at radius 3 is 2.55 bits per heavy atom. The molecule has 1 N–H and O–H groups in total. The van der Waals surface area contributed by atoms with Gasteiger partial charge in [0, 0.05) is 57.2 Å². The first kappa shape index (κ1) is 23.8. The first-order valence-electron chi connectivity index (χ1n) is 9.23. The molecular weight excluding hydrogens is 526 g/mol. The summed E-state index contributed by atoms with van der Waals surface area (Å²) in [5.41, 5.74) is 0. The van der Waals surface area contributed by atoms with Gasteiger partial charge in [-0.05, 0) is 30.7 Å². The molecule has 0 atom stereocenters. The Balaban J connectivity index is 0.00000300. The predicted octanol–water partition coefficient (Wildman–Crippen LogP) is 3.57. The Morgan fingerprint density at radius 2 is 1.90 bits per heavy atom. The first-order chi connectivity index (χ1) is 13.7. The predicted molar refractivity (Wildman–Crippen MR) is 129 cm³/mol. The van der Waals surface area contributed by atoms with Gasteiger partial charge in [0.15, 0.2) is 5.96 Å². The zero-order chi connectivity index (χ0) is 19.8. The van der Waals surface area contributed by atoms with Gasteiger partial charge in [-0.15, -0.1) is 24.0 Å². The number of benzene rings is 1. The minimum Gasteiger partial charge on any atom is -0.492 e. The van der Waals surface area contributed by atoms with Gasteiger partial charge in [0.1, 0.15) is 5.75 Å². The number of aliphatic imine (C=N–C) groups is 1. The molecule has 29 heavy (non-hydrogen) atoms. The van der Waals surface area contributed by atoms with Gasteiger partial charge in [-0.3, -0.25) is 4.99 Å². The highest BCUT2D eigenvalue weighted by Gasteiger charge is 2.20. The van der Waals surface area contributed by atoms with Crippen LogP contribution < -0.4 is 15.0 Å². The molecule has 2 aromatic rings. The van der Waals surface area contributed by atoms with Crippen LogP contribution in [0.2, 0.25) is 10.0 Å². The molecule has 7 nitrogen and oxygen atoms in total. The summed E-state index contributed by atoms with van der Waals surface area (Å²) in [6, 6.07) is 7.06. The second-order valence-corrected chi connectivity index (χ2v) is 7.12. The van der Waals surface area contributed by atoms with Crippen LogP contribution in [0.1, 0.15) is 6.42 Å². The van der Waals surface area contributed by atoms with Crippen LogP contribution in [0.3, 0.4) is 0 Å². The van der Waals surface area contributed by atoms with Gasteiger partial charge in [-0.25, -0.2) is 9.97 Å². The highest BCUT2D eigenvalue weighted by Crippen LogP contribution is 2.27. The molecular formula is C19H25Cl2IN6O. The topological polar surface area (TPSA) is 65.9 Å². The number of guanidine groups is 1. The molecule has 1 saturated heterocycles. The Hall–Kier alpha value is -1.52. The quantitative estimate of drug-likeness (QED) is 0.257. The summed E-state index contributed by atoms with van der Waals surface area (Å²) in [5, 5.41) is 4.52. The van der Waals surface area contributed by atoms with E-state index in [0.29, 0.717) is 22.4 Å². The van der Waals surface area contributed by atoms with Gasteiger partial charge >= 0.3 is 0 Å². The van der Waals surface area contributed by atoms with E-state index in [1.807, 2.05) is 6.07 Å². The number of hydrogen-bond donors (Lipinski definition) is 1. The van der Waals surface area contributed by atoms with Crippen LogP contribution in [0.5, 0.6) is 5.75 Å². The van der Waals surface area contributed by atoms with Crippen molar-refractivity contribution in [1.82, 2.24) is 20.2 Å². The molecule has 1 aromatic heterocycles. The molecule has 0 amide bonds. The lowest BCUT2D eigenvalue weighted by molar-refractivity contribution is 0.309. The molecule has 2 heterocycles. The fourth-order valence-electron chi connectivity index (χ4n) is 2.95. The van der Waals surface area contributed by atoms with Crippen LogP contribution in [-0.2, 0) is 0 Å². The minimum absolute atomic E-state index is 0. The summed E-state index contributed by atoms with van der Waals surface area (Å²) in [7, 11) is 1.80. The molecule has 10 heteroatoms. The smallest absolute Gasteiger partial charge is 0.225 e. The van der Waals surface area contributed by atoms with Crippen molar-refractivity contribution < 1.29 is 4.74 Å². The minimum atomic E-state index is 0. The fourth-order valence-corrected chi connectivity index (χ4v) is 3.41. The number of nitrogens with one attached hydrogen (secondary N) is 1. The van der Waals surface area contributed by atoms with E-state index in [2.05, 4.69) is 30.1 Å². The van der Waals surface area contributed by atoms with Crippen LogP contribution in [-0.4, -0.2) is 67.2 Å². The zero-order valence-corrected chi connectivity index (χ0v) is 20.1. The largest absolute Gasteiger partial charge is 0.492 e. The lowest BCUT2D eigenvalue weighted by atomic mass is 10.3. The molecule has 0 bridgehead atoms. The zero-order valence-electron chi connectivity index (χ0n) is 16.2. The highest BCUT2D eigenvalue weighted by atomic mass is 127. The maximum Gasteiger partial charge on any atom is 0.225 e. The Morgan fingerprint density at radius 1 is 1.17 bits per heavy atom. The number of ether oxygens (including phenoxy) is 1. The SMILES string of the molecule is CN=C(NCCCOc1ccc(Cl)cc1Cl)N1CCN(c2ncccn2)CC1.I. The van der Waals surface area contributed by atoms with Crippen LogP contribution in [0.25, 0.3) is 0 Å². The van der Waals surface area contributed by atoms with Crippen molar-refractivity contribution in [2.24, 2.45) is 4.99 Å².